The predicted octanol–water partition coefficient (Wildman–Crippen LogP) is 5.02. The molecular weight excluding hydrogens is 517 g/mol. The van der Waals surface area contributed by atoms with Gasteiger partial charge in [0, 0.05) is 23.3 Å². The number of likely N-dealkylation sites (tertiary alicyclic amines) is 1. The van der Waals surface area contributed by atoms with Crippen molar-refractivity contribution >= 4 is 40.4 Å². The molecule has 5 rings (SSSR count). The Kier molecular flexibility index (Phi) is 7.47. The maximum Gasteiger partial charge on any atom is 0.247 e. The maximum atomic E-state index is 13.3. The van der Waals surface area contributed by atoms with Crippen LogP contribution in [0.15, 0.2) is 73.1 Å². The second-order valence-corrected chi connectivity index (χ2v) is 10.5. The number of aromatic nitrogens is 3. The molecule has 11 heteroatoms. The molecule has 190 valence electrons. The molecule has 0 radical (unpaired) electrons. The number of halogens is 2. The van der Waals surface area contributed by atoms with E-state index in [9.17, 15) is 14.0 Å². The third-order valence-corrected chi connectivity index (χ3v) is 7.32. The Labute approximate surface area is 221 Å². The third-order valence-electron chi connectivity index (χ3n) is 6.07. The molecule has 2 unspecified atom stereocenters. The van der Waals surface area contributed by atoms with Gasteiger partial charge in [0.15, 0.2) is 0 Å². The lowest BCUT2D eigenvalue weighted by molar-refractivity contribution is -0.137. The molecule has 4 aromatic rings. The quantitative estimate of drug-likeness (QED) is 0.339. The zero-order valence-corrected chi connectivity index (χ0v) is 21.2. The smallest absolute Gasteiger partial charge is 0.247 e. The van der Waals surface area contributed by atoms with E-state index in [1.165, 1.54) is 46.5 Å². The fourth-order valence-corrected chi connectivity index (χ4v) is 5.56. The first-order valence-corrected chi connectivity index (χ1v) is 12.8. The largest absolute Gasteiger partial charge is 0.457 e. The molecule has 1 N–H and O–H groups in total. The van der Waals surface area contributed by atoms with Crippen molar-refractivity contribution in [2.24, 2.45) is 5.92 Å². The van der Waals surface area contributed by atoms with Crippen LogP contribution in [0.25, 0.3) is 0 Å². The van der Waals surface area contributed by atoms with Gasteiger partial charge in [0.05, 0.1) is 10.5 Å². The summed E-state index contributed by atoms with van der Waals surface area (Å²) in [4.78, 5) is 29.2. The summed E-state index contributed by atoms with van der Waals surface area (Å²) >= 11 is 7.60. The van der Waals surface area contributed by atoms with E-state index in [1.807, 2.05) is 12.1 Å². The highest BCUT2D eigenvalue weighted by Crippen LogP contribution is 2.31. The van der Waals surface area contributed by atoms with E-state index in [0.717, 1.165) is 11.3 Å². The lowest BCUT2D eigenvalue weighted by Crippen LogP contribution is -2.44. The van der Waals surface area contributed by atoms with Crippen molar-refractivity contribution in [1.82, 2.24) is 19.9 Å². The summed E-state index contributed by atoms with van der Waals surface area (Å²) < 4.78 is 21.0. The first kappa shape index (κ1) is 24.9. The second kappa shape index (κ2) is 11.1. The number of thiophene rings is 1. The standard InChI is InChI=1S/C26H23ClFN5O3S/c27-24-10-9-22(37-24)13-17-14-23(33(15-17)25(34)16-32-12-11-29-31-32)26(35)30-19-3-7-21(8-4-19)36-20-5-1-18(28)2-6-20/h1-12,17,23H,13-16H2,(H,30,35). The van der Waals surface area contributed by atoms with Crippen LogP contribution in [0.5, 0.6) is 11.5 Å². The van der Waals surface area contributed by atoms with Crippen molar-refractivity contribution in [3.8, 4) is 11.5 Å². The molecule has 1 aliphatic heterocycles. The molecule has 2 aromatic heterocycles. The van der Waals surface area contributed by atoms with Gasteiger partial charge in [-0.05, 0) is 79.4 Å². The number of amides is 2. The van der Waals surface area contributed by atoms with Crippen molar-refractivity contribution in [3.05, 3.63) is 88.1 Å². The van der Waals surface area contributed by atoms with Crippen LogP contribution in [0.2, 0.25) is 4.34 Å². The van der Waals surface area contributed by atoms with E-state index in [-0.39, 0.29) is 30.1 Å². The molecule has 2 aromatic carbocycles. The van der Waals surface area contributed by atoms with E-state index in [4.69, 9.17) is 16.3 Å². The van der Waals surface area contributed by atoms with Gasteiger partial charge in [0.2, 0.25) is 11.8 Å². The molecule has 2 atom stereocenters. The van der Waals surface area contributed by atoms with Crippen molar-refractivity contribution in [2.75, 3.05) is 11.9 Å². The van der Waals surface area contributed by atoms with Crippen LogP contribution < -0.4 is 10.1 Å². The Balaban J connectivity index is 1.26. The highest BCUT2D eigenvalue weighted by atomic mass is 35.5. The second-order valence-electron chi connectivity index (χ2n) is 8.74. The normalized spacial score (nSPS) is 17.1. The van der Waals surface area contributed by atoms with Gasteiger partial charge in [-0.25, -0.2) is 9.07 Å². The molecule has 0 spiro atoms. The number of nitrogens with one attached hydrogen (secondary N) is 1. The van der Waals surface area contributed by atoms with Gasteiger partial charge in [-0.3, -0.25) is 9.59 Å². The average molecular weight is 540 g/mol. The first-order valence-electron chi connectivity index (χ1n) is 11.6. The van der Waals surface area contributed by atoms with E-state index in [2.05, 4.69) is 15.6 Å². The van der Waals surface area contributed by atoms with Crippen molar-refractivity contribution in [3.63, 3.8) is 0 Å². The predicted molar refractivity (Wildman–Crippen MR) is 138 cm³/mol. The van der Waals surface area contributed by atoms with Gasteiger partial charge in [-0.1, -0.05) is 16.8 Å². The fraction of sp³-hybridized carbons (Fsp3) is 0.231. The van der Waals surface area contributed by atoms with Gasteiger partial charge in [-0.15, -0.1) is 16.4 Å². The average Bonchev–Trinajstić information content (AvgIpc) is 3.64. The monoisotopic (exact) mass is 539 g/mol. The zero-order valence-electron chi connectivity index (χ0n) is 19.6. The summed E-state index contributed by atoms with van der Waals surface area (Å²) in [6.45, 7) is 0.475. The molecular formula is C26H23ClFN5O3S. The molecule has 8 nitrogen and oxygen atoms in total. The van der Waals surface area contributed by atoms with E-state index < -0.39 is 6.04 Å². The van der Waals surface area contributed by atoms with Gasteiger partial charge in [-0.2, -0.15) is 0 Å². The first-order chi connectivity index (χ1) is 17.9. The summed E-state index contributed by atoms with van der Waals surface area (Å²) in [5, 5.41) is 10.5. The Bertz CT molecular complexity index is 1360. The van der Waals surface area contributed by atoms with Crippen molar-refractivity contribution < 1.29 is 18.7 Å². The van der Waals surface area contributed by atoms with Gasteiger partial charge < -0.3 is 15.0 Å². The van der Waals surface area contributed by atoms with E-state index >= 15 is 0 Å². The number of anilines is 1. The number of hydrogen-bond acceptors (Lipinski definition) is 6. The van der Waals surface area contributed by atoms with Crippen LogP contribution in [0.4, 0.5) is 10.1 Å². The highest BCUT2D eigenvalue weighted by molar-refractivity contribution is 7.16. The number of ether oxygens (including phenoxy) is 1. The van der Waals surface area contributed by atoms with Crippen molar-refractivity contribution in [1.29, 1.82) is 0 Å². The lowest BCUT2D eigenvalue weighted by Gasteiger charge is -2.24. The minimum absolute atomic E-state index is 0.0107. The van der Waals surface area contributed by atoms with E-state index in [1.54, 1.807) is 35.4 Å². The number of carbonyl (C=O) groups excluding carboxylic acids is 2. The summed E-state index contributed by atoms with van der Waals surface area (Å²) in [6.07, 6.45) is 4.40. The van der Waals surface area contributed by atoms with E-state index in [0.29, 0.717) is 34.5 Å². The molecule has 1 fully saturated rings. The van der Waals surface area contributed by atoms with Crippen LogP contribution in [0.1, 0.15) is 11.3 Å². The van der Waals surface area contributed by atoms with Crippen molar-refractivity contribution in [2.45, 2.75) is 25.4 Å². The summed E-state index contributed by atoms with van der Waals surface area (Å²) in [7, 11) is 0. The lowest BCUT2D eigenvalue weighted by atomic mass is 10.0. The number of nitrogens with zero attached hydrogens (tertiary/aromatic N) is 4. The summed E-state index contributed by atoms with van der Waals surface area (Å²) in [6, 6.07) is 15.8. The number of benzene rings is 2. The SMILES string of the molecule is O=C(Nc1ccc(Oc2ccc(F)cc2)cc1)C1CC(Cc2ccc(Cl)s2)CN1C(=O)Cn1ccnn1. The van der Waals surface area contributed by atoms with Gasteiger partial charge in [0.1, 0.15) is 29.9 Å². The molecule has 1 aliphatic rings. The highest BCUT2D eigenvalue weighted by Gasteiger charge is 2.39. The fourth-order valence-electron chi connectivity index (χ4n) is 4.36. The Morgan fingerprint density at radius 1 is 1.08 bits per heavy atom. The topological polar surface area (TPSA) is 89.4 Å². The van der Waals surface area contributed by atoms with Crippen LogP contribution >= 0.6 is 22.9 Å². The van der Waals surface area contributed by atoms with Crippen LogP contribution in [-0.2, 0) is 22.6 Å². The molecule has 0 aliphatic carbocycles. The number of hydrogen-bond donors (Lipinski definition) is 1. The molecule has 0 saturated carbocycles. The molecule has 2 amide bonds. The number of rotatable bonds is 8. The minimum atomic E-state index is -0.619. The molecule has 1 saturated heterocycles. The third kappa shape index (κ3) is 6.33. The Morgan fingerprint density at radius 3 is 2.46 bits per heavy atom. The van der Waals surface area contributed by atoms with Gasteiger partial charge in [0.25, 0.3) is 0 Å². The zero-order chi connectivity index (χ0) is 25.8. The van der Waals surface area contributed by atoms with Crippen LogP contribution in [-0.4, -0.2) is 44.3 Å². The summed E-state index contributed by atoms with van der Waals surface area (Å²) in [5.41, 5.74) is 0.577. The minimum Gasteiger partial charge on any atom is -0.457 e. The summed E-state index contributed by atoms with van der Waals surface area (Å²) in [5.74, 6) is 0.379. The molecule has 37 heavy (non-hydrogen) atoms. The van der Waals surface area contributed by atoms with Crippen LogP contribution in [0.3, 0.4) is 0 Å². The maximum absolute atomic E-state index is 13.3. The molecule has 0 bridgehead atoms. The Hall–Kier alpha value is -3.76. The Morgan fingerprint density at radius 2 is 1.81 bits per heavy atom. The number of carbonyl (C=O) groups is 2. The molecule has 3 heterocycles. The van der Waals surface area contributed by atoms with Gasteiger partial charge >= 0.3 is 0 Å². The van der Waals surface area contributed by atoms with Crippen LogP contribution in [0, 0.1) is 11.7 Å².